The molecule has 1 rings (SSSR count). The van der Waals surface area contributed by atoms with Gasteiger partial charge < -0.3 is 9.84 Å². The molecule has 0 fully saturated rings. The lowest BCUT2D eigenvalue weighted by atomic mass is 9.92. The van der Waals surface area contributed by atoms with Crippen LogP contribution < -0.4 is 0 Å². The van der Waals surface area contributed by atoms with Crippen molar-refractivity contribution in [1.82, 2.24) is 0 Å². The van der Waals surface area contributed by atoms with Gasteiger partial charge in [0.05, 0.1) is 5.60 Å². The van der Waals surface area contributed by atoms with E-state index in [1.54, 1.807) is 7.11 Å². The lowest BCUT2D eigenvalue weighted by Crippen LogP contribution is -2.23. The largest absolute Gasteiger partial charge is 0.385 e. The quantitative estimate of drug-likeness (QED) is 0.802. The second-order valence-corrected chi connectivity index (χ2v) is 4.46. The molecule has 1 N–H and O–H groups in total. The summed E-state index contributed by atoms with van der Waals surface area (Å²) >= 11 is 0. The maximum atomic E-state index is 10.3. The van der Waals surface area contributed by atoms with Gasteiger partial charge in [-0.05, 0) is 24.5 Å². The molecule has 16 heavy (non-hydrogen) atoms. The van der Waals surface area contributed by atoms with Crippen molar-refractivity contribution in [2.45, 2.75) is 38.7 Å². The highest BCUT2D eigenvalue weighted by Gasteiger charge is 2.22. The maximum Gasteiger partial charge on any atom is 0.0890 e. The van der Waals surface area contributed by atoms with Crippen molar-refractivity contribution in [2.24, 2.45) is 0 Å². The van der Waals surface area contributed by atoms with Gasteiger partial charge >= 0.3 is 0 Å². The van der Waals surface area contributed by atoms with Crippen LogP contribution in [0.2, 0.25) is 0 Å². The van der Waals surface area contributed by atoms with Gasteiger partial charge in [0.2, 0.25) is 0 Å². The van der Waals surface area contributed by atoms with Crippen LogP contribution in [0.15, 0.2) is 24.3 Å². The smallest absolute Gasteiger partial charge is 0.0890 e. The molecular formula is C14H22O2. The van der Waals surface area contributed by atoms with Gasteiger partial charge in [-0.3, -0.25) is 0 Å². The van der Waals surface area contributed by atoms with E-state index in [0.717, 1.165) is 18.4 Å². The second kappa shape index (κ2) is 6.02. The van der Waals surface area contributed by atoms with E-state index in [4.69, 9.17) is 4.74 Å². The molecule has 2 heteroatoms. The van der Waals surface area contributed by atoms with Crippen LogP contribution in [0.25, 0.3) is 0 Å². The average Bonchev–Trinajstić information content (AvgIpc) is 2.28. The fourth-order valence-corrected chi connectivity index (χ4v) is 1.76. The minimum absolute atomic E-state index is 0.573. The third kappa shape index (κ3) is 3.62. The second-order valence-electron chi connectivity index (χ2n) is 4.46. The molecule has 0 radical (unpaired) electrons. The van der Waals surface area contributed by atoms with E-state index in [-0.39, 0.29) is 0 Å². The Morgan fingerprint density at radius 2 is 1.88 bits per heavy atom. The third-order valence-corrected chi connectivity index (χ3v) is 2.91. The summed E-state index contributed by atoms with van der Waals surface area (Å²) in [5, 5.41) is 10.3. The Balaban J connectivity index is 2.71. The molecule has 0 amide bonds. The zero-order valence-electron chi connectivity index (χ0n) is 10.5. The molecule has 0 bridgehead atoms. The summed E-state index contributed by atoms with van der Waals surface area (Å²) < 4.78 is 5.00. The number of benzene rings is 1. The number of ether oxygens (including phenoxy) is 1. The molecule has 0 aliphatic rings. The van der Waals surface area contributed by atoms with Gasteiger partial charge in [0.1, 0.15) is 0 Å². The molecule has 1 aromatic rings. The standard InChI is InChI=1S/C14H22O2/c1-4-5-12-6-8-13(9-7-12)14(2,15)10-11-16-3/h6-9,15H,4-5,10-11H2,1-3H3. The minimum Gasteiger partial charge on any atom is -0.385 e. The fraction of sp³-hybridized carbons (Fsp3) is 0.571. The van der Waals surface area contributed by atoms with Crippen molar-refractivity contribution >= 4 is 0 Å². The Morgan fingerprint density at radius 3 is 2.38 bits per heavy atom. The molecule has 2 nitrogen and oxygen atoms in total. The first kappa shape index (κ1) is 13.2. The van der Waals surface area contributed by atoms with E-state index in [1.807, 2.05) is 19.1 Å². The molecule has 0 aliphatic heterocycles. The van der Waals surface area contributed by atoms with Crippen LogP contribution in [0.1, 0.15) is 37.8 Å². The number of hydrogen-bond acceptors (Lipinski definition) is 2. The topological polar surface area (TPSA) is 29.5 Å². The minimum atomic E-state index is -0.791. The van der Waals surface area contributed by atoms with Crippen molar-refractivity contribution < 1.29 is 9.84 Å². The van der Waals surface area contributed by atoms with Gasteiger partial charge in [0.25, 0.3) is 0 Å². The molecule has 1 unspecified atom stereocenters. The number of aryl methyl sites for hydroxylation is 1. The Hall–Kier alpha value is -0.860. The van der Waals surface area contributed by atoms with E-state index in [1.165, 1.54) is 5.56 Å². The number of aliphatic hydroxyl groups is 1. The van der Waals surface area contributed by atoms with Crippen LogP contribution in [-0.4, -0.2) is 18.8 Å². The lowest BCUT2D eigenvalue weighted by molar-refractivity contribution is 0.0210. The summed E-state index contributed by atoms with van der Waals surface area (Å²) in [4.78, 5) is 0. The van der Waals surface area contributed by atoms with Crippen LogP contribution in [-0.2, 0) is 16.8 Å². The molecule has 0 aromatic heterocycles. The Bertz CT molecular complexity index is 301. The predicted octanol–water partition coefficient (Wildman–Crippen LogP) is 2.88. The van der Waals surface area contributed by atoms with Gasteiger partial charge in [-0.15, -0.1) is 0 Å². The van der Waals surface area contributed by atoms with Gasteiger partial charge in [0.15, 0.2) is 0 Å². The predicted molar refractivity (Wildman–Crippen MR) is 66.5 cm³/mol. The SMILES string of the molecule is CCCc1ccc(C(C)(O)CCOC)cc1. The zero-order valence-corrected chi connectivity index (χ0v) is 10.5. The number of methoxy groups -OCH3 is 1. The van der Waals surface area contributed by atoms with Crippen LogP contribution in [0.4, 0.5) is 0 Å². The van der Waals surface area contributed by atoms with Crippen molar-refractivity contribution in [1.29, 1.82) is 0 Å². The summed E-state index contributed by atoms with van der Waals surface area (Å²) in [5.41, 5.74) is 1.50. The fourth-order valence-electron chi connectivity index (χ4n) is 1.76. The summed E-state index contributed by atoms with van der Waals surface area (Å²) in [6.45, 7) is 4.58. The van der Waals surface area contributed by atoms with E-state index < -0.39 is 5.60 Å². The summed E-state index contributed by atoms with van der Waals surface area (Å²) in [5.74, 6) is 0. The molecule has 0 spiro atoms. The molecule has 1 atom stereocenters. The first-order valence-corrected chi connectivity index (χ1v) is 5.91. The molecule has 1 aromatic carbocycles. The lowest BCUT2D eigenvalue weighted by Gasteiger charge is -2.23. The Kier molecular flexibility index (Phi) is 4.97. The summed E-state index contributed by atoms with van der Waals surface area (Å²) in [6.07, 6.45) is 2.87. The molecule has 90 valence electrons. The van der Waals surface area contributed by atoms with Crippen molar-refractivity contribution in [3.05, 3.63) is 35.4 Å². The van der Waals surface area contributed by atoms with Gasteiger partial charge in [-0.25, -0.2) is 0 Å². The van der Waals surface area contributed by atoms with E-state index in [0.29, 0.717) is 13.0 Å². The van der Waals surface area contributed by atoms with Gasteiger partial charge in [-0.2, -0.15) is 0 Å². The van der Waals surface area contributed by atoms with E-state index in [2.05, 4.69) is 19.1 Å². The summed E-state index contributed by atoms with van der Waals surface area (Å²) in [6, 6.07) is 8.22. The zero-order chi connectivity index (χ0) is 12.0. The molecule has 0 heterocycles. The van der Waals surface area contributed by atoms with Gasteiger partial charge in [0, 0.05) is 20.1 Å². The highest BCUT2D eigenvalue weighted by molar-refractivity contribution is 5.26. The van der Waals surface area contributed by atoms with Crippen molar-refractivity contribution in [3.8, 4) is 0 Å². The Labute approximate surface area is 98.3 Å². The van der Waals surface area contributed by atoms with Crippen LogP contribution in [0.3, 0.4) is 0 Å². The molecule has 0 saturated carbocycles. The van der Waals surface area contributed by atoms with Gasteiger partial charge in [-0.1, -0.05) is 37.6 Å². The number of hydrogen-bond donors (Lipinski definition) is 1. The molecular weight excluding hydrogens is 200 g/mol. The van der Waals surface area contributed by atoms with Crippen LogP contribution >= 0.6 is 0 Å². The first-order chi connectivity index (χ1) is 7.60. The highest BCUT2D eigenvalue weighted by atomic mass is 16.5. The van der Waals surface area contributed by atoms with E-state index >= 15 is 0 Å². The number of rotatable bonds is 6. The van der Waals surface area contributed by atoms with E-state index in [9.17, 15) is 5.11 Å². The normalized spacial score (nSPS) is 14.8. The van der Waals surface area contributed by atoms with Crippen LogP contribution in [0, 0.1) is 0 Å². The monoisotopic (exact) mass is 222 g/mol. The van der Waals surface area contributed by atoms with Crippen molar-refractivity contribution in [2.75, 3.05) is 13.7 Å². The molecule has 0 saturated heterocycles. The summed E-state index contributed by atoms with van der Waals surface area (Å²) in [7, 11) is 1.65. The third-order valence-electron chi connectivity index (χ3n) is 2.91. The van der Waals surface area contributed by atoms with Crippen molar-refractivity contribution in [3.63, 3.8) is 0 Å². The molecule has 0 aliphatic carbocycles. The Morgan fingerprint density at radius 1 is 1.25 bits per heavy atom. The van der Waals surface area contributed by atoms with Crippen LogP contribution in [0.5, 0.6) is 0 Å². The first-order valence-electron chi connectivity index (χ1n) is 5.91. The average molecular weight is 222 g/mol. The maximum absolute atomic E-state index is 10.3. The highest BCUT2D eigenvalue weighted by Crippen LogP contribution is 2.24.